The third kappa shape index (κ3) is 5.05. The van der Waals surface area contributed by atoms with Crippen molar-refractivity contribution in [2.24, 2.45) is 0 Å². The molecule has 0 N–H and O–H groups in total. The lowest BCUT2D eigenvalue weighted by Gasteiger charge is -2.33. The highest BCUT2D eigenvalue weighted by Gasteiger charge is 2.37. The van der Waals surface area contributed by atoms with E-state index >= 15 is 0 Å². The zero-order valence-electron chi connectivity index (χ0n) is 19.4. The van der Waals surface area contributed by atoms with E-state index in [9.17, 15) is 18.0 Å². The van der Waals surface area contributed by atoms with Gasteiger partial charge in [0.15, 0.2) is 16.4 Å². The van der Waals surface area contributed by atoms with Crippen LogP contribution in [0.2, 0.25) is 0 Å². The van der Waals surface area contributed by atoms with Gasteiger partial charge in [-0.15, -0.1) is 0 Å². The van der Waals surface area contributed by atoms with Gasteiger partial charge in [-0.2, -0.15) is 0 Å². The molecule has 1 saturated heterocycles. The lowest BCUT2D eigenvalue weighted by molar-refractivity contribution is -0.138. The molecular formula is C25H32N2O5S. The van der Waals surface area contributed by atoms with E-state index in [1.54, 1.807) is 4.90 Å². The van der Waals surface area contributed by atoms with E-state index in [2.05, 4.69) is 0 Å². The highest BCUT2D eigenvalue weighted by Crippen LogP contribution is 2.29. The molecule has 0 unspecified atom stereocenters. The van der Waals surface area contributed by atoms with Crippen LogP contribution in [0, 0.1) is 0 Å². The summed E-state index contributed by atoms with van der Waals surface area (Å²) in [5.74, 6) is -0.792. The van der Waals surface area contributed by atoms with Gasteiger partial charge in [-0.25, -0.2) is 13.2 Å². The quantitative estimate of drug-likeness (QED) is 0.472. The molecule has 1 aliphatic heterocycles. The van der Waals surface area contributed by atoms with Crippen molar-refractivity contribution in [3.8, 4) is 0 Å². The summed E-state index contributed by atoms with van der Waals surface area (Å²) in [5.41, 5.74) is 3.16. The number of hydrogen-bond acceptors (Lipinski definition) is 6. The molecule has 0 spiro atoms. The number of esters is 1. The number of carbonyl (C=O) groups is 2. The van der Waals surface area contributed by atoms with E-state index in [0.717, 1.165) is 54.3 Å². The predicted octanol–water partition coefficient (Wildman–Crippen LogP) is 3.47. The summed E-state index contributed by atoms with van der Waals surface area (Å²) in [4.78, 5) is 32.9. The fourth-order valence-electron chi connectivity index (χ4n) is 5.06. The van der Waals surface area contributed by atoms with Gasteiger partial charge in [-0.05, 0) is 57.1 Å². The van der Waals surface area contributed by atoms with E-state index in [1.165, 1.54) is 0 Å². The standard InChI is InChI=1S/C25H32N2O5S/c1-3-17(2)27(18-13-14-33(30,31)16-18)23(28)15-32-25(29)24-19-9-5-4-6-11-21(19)26-22-12-8-7-10-20(22)24/h7-8,10,12,17-18H,3-6,9,11,13-16H2,1-2H3/t17-,18+/m0/s1. The Hall–Kier alpha value is -2.48. The van der Waals surface area contributed by atoms with Crippen LogP contribution >= 0.6 is 0 Å². The van der Waals surface area contributed by atoms with Gasteiger partial charge in [-0.1, -0.05) is 31.5 Å². The van der Waals surface area contributed by atoms with Gasteiger partial charge in [0.05, 0.1) is 22.6 Å². The number of ether oxygens (including phenoxy) is 1. The number of sulfone groups is 1. The van der Waals surface area contributed by atoms with E-state index in [0.29, 0.717) is 18.4 Å². The first-order valence-electron chi connectivity index (χ1n) is 11.9. The van der Waals surface area contributed by atoms with Crippen molar-refractivity contribution in [1.29, 1.82) is 0 Å². The van der Waals surface area contributed by atoms with Crippen molar-refractivity contribution < 1.29 is 22.7 Å². The number of aryl methyl sites for hydroxylation is 1. The summed E-state index contributed by atoms with van der Waals surface area (Å²) in [6.45, 7) is 3.46. The molecule has 1 aliphatic carbocycles. The summed E-state index contributed by atoms with van der Waals surface area (Å²) in [6.07, 6.45) is 5.84. The molecular weight excluding hydrogens is 440 g/mol. The average Bonchev–Trinajstić information content (AvgIpc) is 2.99. The number of pyridine rings is 1. The molecule has 8 heteroatoms. The number of amides is 1. The van der Waals surface area contributed by atoms with Crippen LogP contribution in [0.4, 0.5) is 0 Å². The monoisotopic (exact) mass is 472 g/mol. The average molecular weight is 473 g/mol. The molecule has 33 heavy (non-hydrogen) atoms. The number of rotatable bonds is 6. The SMILES string of the molecule is CC[C@H](C)N(C(=O)COC(=O)c1c2c(nc3ccccc13)CCCCC2)[C@@H]1CCS(=O)(=O)C1. The Bertz CT molecular complexity index is 1160. The van der Waals surface area contributed by atoms with Crippen molar-refractivity contribution in [3.63, 3.8) is 0 Å². The van der Waals surface area contributed by atoms with Crippen LogP contribution in [-0.2, 0) is 32.2 Å². The number of benzene rings is 1. The topological polar surface area (TPSA) is 93.6 Å². The number of fused-ring (bicyclic) bond motifs is 2. The van der Waals surface area contributed by atoms with Gasteiger partial charge in [0.2, 0.25) is 0 Å². The molecule has 0 saturated carbocycles. The van der Waals surface area contributed by atoms with Crippen molar-refractivity contribution in [2.45, 2.75) is 70.9 Å². The maximum Gasteiger partial charge on any atom is 0.339 e. The zero-order chi connectivity index (χ0) is 23.6. The number of carbonyl (C=O) groups excluding carboxylic acids is 2. The molecule has 0 bridgehead atoms. The van der Waals surface area contributed by atoms with Crippen molar-refractivity contribution in [2.75, 3.05) is 18.1 Å². The van der Waals surface area contributed by atoms with E-state index in [4.69, 9.17) is 9.72 Å². The minimum atomic E-state index is -3.14. The second-order valence-corrected chi connectivity index (χ2v) is 11.4. The molecule has 7 nitrogen and oxygen atoms in total. The Morgan fingerprint density at radius 3 is 2.67 bits per heavy atom. The van der Waals surface area contributed by atoms with Crippen LogP contribution in [0.5, 0.6) is 0 Å². The van der Waals surface area contributed by atoms with Crippen molar-refractivity contribution in [1.82, 2.24) is 9.88 Å². The van der Waals surface area contributed by atoms with E-state index < -0.39 is 22.4 Å². The van der Waals surface area contributed by atoms with Crippen LogP contribution < -0.4 is 0 Å². The van der Waals surface area contributed by atoms with E-state index in [-0.39, 0.29) is 29.5 Å². The first-order valence-corrected chi connectivity index (χ1v) is 13.7. The molecule has 2 aliphatic rings. The molecule has 1 aromatic heterocycles. The van der Waals surface area contributed by atoms with Crippen LogP contribution in [0.15, 0.2) is 24.3 Å². The summed E-state index contributed by atoms with van der Waals surface area (Å²) in [5, 5.41) is 0.747. The molecule has 4 rings (SSSR count). The van der Waals surface area contributed by atoms with Crippen molar-refractivity contribution in [3.05, 3.63) is 41.1 Å². The number of para-hydroxylation sites is 1. The molecule has 2 atom stereocenters. The second-order valence-electron chi connectivity index (χ2n) is 9.18. The lowest BCUT2D eigenvalue weighted by atomic mass is 9.97. The minimum absolute atomic E-state index is 0.0282. The largest absolute Gasteiger partial charge is 0.452 e. The highest BCUT2D eigenvalue weighted by molar-refractivity contribution is 7.91. The molecule has 1 amide bonds. The first kappa shape index (κ1) is 23.7. The minimum Gasteiger partial charge on any atom is -0.452 e. The number of aromatic nitrogens is 1. The molecule has 2 heterocycles. The van der Waals surface area contributed by atoms with Gasteiger partial charge in [0.1, 0.15) is 0 Å². The molecule has 1 fully saturated rings. The molecule has 2 aromatic rings. The third-order valence-electron chi connectivity index (χ3n) is 6.91. The lowest BCUT2D eigenvalue weighted by Crippen LogP contribution is -2.48. The Labute approximate surface area is 195 Å². The van der Waals surface area contributed by atoms with Crippen molar-refractivity contribution >= 4 is 32.6 Å². The Balaban J connectivity index is 1.58. The smallest absolute Gasteiger partial charge is 0.339 e. The molecule has 1 aromatic carbocycles. The summed E-state index contributed by atoms with van der Waals surface area (Å²) >= 11 is 0. The number of hydrogen-bond donors (Lipinski definition) is 0. The molecule has 178 valence electrons. The van der Waals surface area contributed by atoms with Gasteiger partial charge in [0, 0.05) is 23.2 Å². The van der Waals surface area contributed by atoms with Crippen LogP contribution in [0.3, 0.4) is 0 Å². The highest BCUT2D eigenvalue weighted by atomic mass is 32.2. The fourth-order valence-corrected chi connectivity index (χ4v) is 6.77. The normalized spacial score (nSPS) is 20.6. The maximum absolute atomic E-state index is 13.3. The zero-order valence-corrected chi connectivity index (χ0v) is 20.2. The van der Waals surface area contributed by atoms with Gasteiger partial charge < -0.3 is 9.64 Å². The summed E-state index contributed by atoms with van der Waals surface area (Å²) in [7, 11) is -3.14. The Kier molecular flexibility index (Phi) is 7.02. The maximum atomic E-state index is 13.3. The van der Waals surface area contributed by atoms with Gasteiger partial charge in [-0.3, -0.25) is 9.78 Å². The fraction of sp³-hybridized carbons (Fsp3) is 0.560. The van der Waals surface area contributed by atoms with Crippen LogP contribution in [0.25, 0.3) is 10.9 Å². The third-order valence-corrected chi connectivity index (χ3v) is 8.66. The number of nitrogens with zero attached hydrogens (tertiary/aromatic N) is 2. The predicted molar refractivity (Wildman–Crippen MR) is 127 cm³/mol. The Morgan fingerprint density at radius 2 is 1.94 bits per heavy atom. The van der Waals surface area contributed by atoms with Crippen LogP contribution in [-0.4, -0.2) is 60.4 Å². The van der Waals surface area contributed by atoms with E-state index in [1.807, 2.05) is 38.1 Å². The summed E-state index contributed by atoms with van der Waals surface area (Å²) in [6, 6.07) is 7.05. The first-order chi connectivity index (χ1) is 15.8. The summed E-state index contributed by atoms with van der Waals surface area (Å²) < 4.78 is 29.6. The Morgan fingerprint density at radius 1 is 1.18 bits per heavy atom. The van der Waals surface area contributed by atoms with Gasteiger partial charge >= 0.3 is 5.97 Å². The van der Waals surface area contributed by atoms with Gasteiger partial charge in [0.25, 0.3) is 5.91 Å². The van der Waals surface area contributed by atoms with Crippen LogP contribution in [0.1, 0.15) is 67.6 Å². The molecule has 0 radical (unpaired) electrons. The second kappa shape index (κ2) is 9.79.